The first-order valence-corrected chi connectivity index (χ1v) is 24.7. The lowest BCUT2D eigenvalue weighted by Gasteiger charge is -2.25. The smallest absolute Gasteiger partial charge is 0.159 e. The van der Waals surface area contributed by atoms with Gasteiger partial charge in [-0.25, -0.2) is 9.98 Å². The highest BCUT2D eigenvalue weighted by molar-refractivity contribution is 6.14. The normalized spacial score (nSPS) is 12.7. The number of amidine groups is 2. The van der Waals surface area contributed by atoms with E-state index in [9.17, 15) is 0 Å². The van der Waals surface area contributed by atoms with Crippen LogP contribution < -0.4 is 5.32 Å². The molecule has 2 heterocycles. The molecular formula is C68H54N4. The van der Waals surface area contributed by atoms with Crippen LogP contribution in [0.15, 0.2) is 289 Å². The van der Waals surface area contributed by atoms with Crippen molar-refractivity contribution in [2.75, 3.05) is 0 Å². The van der Waals surface area contributed by atoms with Crippen LogP contribution in [-0.2, 0) is 0 Å². The van der Waals surface area contributed by atoms with Crippen LogP contribution in [0.4, 0.5) is 0 Å². The molecule has 0 spiro atoms. The zero-order valence-electron chi connectivity index (χ0n) is 40.5. The summed E-state index contributed by atoms with van der Waals surface area (Å²) in [6.07, 6.45) is 3.19. The first-order chi connectivity index (χ1) is 35.7. The monoisotopic (exact) mass is 926 g/mol. The van der Waals surface area contributed by atoms with Gasteiger partial charge in [-0.3, -0.25) is 4.98 Å². The van der Waals surface area contributed by atoms with Crippen molar-refractivity contribution in [2.24, 2.45) is 9.98 Å². The van der Waals surface area contributed by atoms with Crippen LogP contribution in [0.5, 0.6) is 0 Å². The van der Waals surface area contributed by atoms with Gasteiger partial charge in [0.1, 0.15) is 12.0 Å². The minimum absolute atomic E-state index is 0.465. The third-order valence-corrected chi connectivity index (χ3v) is 12.7. The molecule has 11 rings (SSSR count). The number of aromatic nitrogens is 1. The standard InChI is InChI=1S/C66H48N4.C2H6/c1-7-21-49(22-8-1)60(50-23-9-2-10-24-50)62(53-29-15-5-16-30-53)56-33-19-35-58(45-56)65-68-64(55-39-37-47(38-40-55)48-41-43-67-44-42-48)69-66(70-65)59-36-20-34-57(46-59)63(54-31-17-6-18-32-54)61(51-25-11-3-12-26-51)52-27-13-4-14-28-52;1-2/h1-46,65H,(H,68,69,70);1-2H3. The molecule has 0 saturated heterocycles. The van der Waals surface area contributed by atoms with Crippen LogP contribution in [-0.4, -0.2) is 16.7 Å². The summed E-state index contributed by atoms with van der Waals surface area (Å²) in [4.78, 5) is 15.1. The lowest BCUT2D eigenvalue weighted by molar-refractivity contribution is 0.674. The average molecular weight is 927 g/mol. The van der Waals surface area contributed by atoms with Gasteiger partial charge in [0.2, 0.25) is 0 Å². The molecule has 4 heteroatoms. The van der Waals surface area contributed by atoms with E-state index in [0.29, 0.717) is 5.84 Å². The molecule has 1 aliphatic rings. The Hall–Kier alpha value is -9.25. The van der Waals surface area contributed by atoms with E-state index in [1.807, 2.05) is 38.4 Å². The number of hydrogen-bond acceptors (Lipinski definition) is 4. The van der Waals surface area contributed by atoms with E-state index in [0.717, 1.165) is 100 Å². The second-order valence-electron chi connectivity index (χ2n) is 17.2. The Morgan fingerprint density at radius 2 is 0.667 bits per heavy atom. The quantitative estimate of drug-likeness (QED) is 0.124. The first kappa shape index (κ1) is 46.5. The van der Waals surface area contributed by atoms with Gasteiger partial charge in [0, 0.05) is 23.5 Å². The molecule has 0 radical (unpaired) electrons. The van der Waals surface area contributed by atoms with Crippen molar-refractivity contribution in [1.82, 2.24) is 10.3 Å². The molecule has 0 bridgehead atoms. The zero-order valence-corrected chi connectivity index (χ0v) is 40.5. The molecule has 9 aromatic carbocycles. The van der Waals surface area contributed by atoms with E-state index >= 15 is 0 Å². The minimum Gasteiger partial charge on any atom is -0.344 e. The summed E-state index contributed by atoms with van der Waals surface area (Å²) in [6.45, 7) is 4.00. The second-order valence-corrected chi connectivity index (χ2v) is 17.2. The molecule has 0 aliphatic carbocycles. The van der Waals surface area contributed by atoms with Crippen LogP contribution in [0.25, 0.3) is 33.4 Å². The second kappa shape index (κ2) is 22.5. The van der Waals surface area contributed by atoms with E-state index in [-0.39, 0.29) is 0 Å². The summed E-state index contributed by atoms with van der Waals surface area (Å²) >= 11 is 0. The molecule has 1 aromatic heterocycles. The Bertz CT molecular complexity index is 3410. The lowest BCUT2D eigenvalue weighted by atomic mass is 9.85. The maximum absolute atomic E-state index is 5.51. The number of nitrogens with zero attached hydrogens (tertiary/aromatic N) is 3. The summed E-state index contributed by atoms with van der Waals surface area (Å²) in [7, 11) is 0. The molecule has 0 saturated carbocycles. The van der Waals surface area contributed by atoms with Crippen molar-refractivity contribution < 1.29 is 0 Å². The van der Waals surface area contributed by atoms with E-state index in [1.165, 1.54) is 0 Å². The van der Waals surface area contributed by atoms with Crippen molar-refractivity contribution in [3.05, 3.63) is 341 Å². The van der Waals surface area contributed by atoms with Crippen molar-refractivity contribution >= 4 is 34.0 Å². The van der Waals surface area contributed by atoms with Gasteiger partial charge in [-0.1, -0.05) is 257 Å². The first-order valence-electron chi connectivity index (χ1n) is 24.7. The fourth-order valence-corrected chi connectivity index (χ4v) is 9.39. The molecular weight excluding hydrogens is 873 g/mol. The number of aliphatic imine (C=N–C) groups is 2. The molecule has 72 heavy (non-hydrogen) atoms. The molecule has 0 amide bonds. The van der Waals surface area contributed by atoms with Gasteiger partial charge in [-0.15, -0.1) is 0 Å². The molecule has 1 aliphatic heterocycles. The number of pyridine rings is 1. The van der Waals surface area contributed by atoms with Crippen LogP contribution >= 0.6 is 0 Å². The topological polar surface area (TPSA) is 49.6 Å². The summed E-state index contributed by atoms with van der Waals surface area (Å²) < 4.78 is 0. The van der Waals surface area contributed by atoms with E-state index in [4.69, 9.17) is 9.98 Å². The minimum atomic E-state index is -0.465. The molecule has 0 fully saturated rings. The Labute approximate surface area is 423 Å². The van der Waals surface area contributed by atoms with Crippen LogP contribution in [0.2, 0.25) is 0 Å². The maximum Gasteiger partial charge on any atom is 0.159 e. The van der Waals surface area contributed by atoms with E-state index in [2.05, 4.69) is 265 Å². The third kappa shape index (κ3) is 10.4. The van der Waals surface area contributed by atoms with Gasteiger partial charge in [0.25, 0.3) is 0 Å². The summed E-state index contributed by atoms with van der Waals surface area (Å²) in [5.74, 6) is 1.39. The van der Waals surface area contributed by atoms with Crippen molar-refractivity contribution in [1.29, 1.82) is 0 Å². The highest BCUT2D eigenvalue weighted by Gasteiger charge is 2.24. The van der Waals surface area contributed by atoms with E-state index in [1.54, 1.807) is 0 Å². The molecule has 1 N–H and O–H groups in total. The zero-order chi connectivity index (χ0) is 48.9. The molecule has 10 aromatic rings. The predicted molar refractivity (Wildman–Crippen MR) is 302 cm³/mol. The summed E-state index contributed by atoms with van der Waals surface area (Å²) in [6, 6.07) is 94.4. The Morgan fingerprint density at radius 1 is 0.319 bits per heavy atom. The van der Waals surface area contributed by atoms with Crippen LogP contribution in [0.1, 0.15) is 81.2 Å². The van der Waals surface area contributed by atoms with Gasteiger partial charge in [0.15, 0.2) is 5.84 Å². The van der Waals surface area contributed by atoms with Crippen LogP contribution in [0.3, 0.4) is 0 Å². The van der Waals surface area contributed by atoms with Gasteiger partial charge in [0.05, 0.1) is 0 Å². The number of hydrogen-bond donors (Lipinski definition) is 1. The highest BCUT2D eigenvalue weighted by Crippen LogP contribution is 2.40. The highest BCUT2D eigenvalue weighted by atomic mass is 15.2. The fraction of sp³-hybridized carbons (Fsp3) is 0.0441. The van der Waals surface area contributed by atoms with E-state index < -0.39 is 6.17 Å². The Balaban J connectivity index is 0.00000295. The van der Waals surface area contributed by atoms with Gasteiger partial charge in [-0.2, -0.15) is 0 Å². The van der Waals surface area contributed by atoms with Gasteiger partial charge < -0.3 is 5.32 Å². The van der Waals surface area contributed by atoms with Crippen molar-refractivity contribution in [2.45, 2.75) is 20.0 Å². The maximum atomic E-state index is 5.51. The molecule has 1 unspecified atom stereocenters. The lowest BCUT2D eigenvalue weighted by Crippen LogP contribution is -2.33. The fourth-order valence-electron chi connectivity index (χ4n) is 9.39. The molecule has 1 atom stereocenters. The Morgan fingerprint density at radius 3 is 1.10 bits per heavy atom. The number of rotatable bonds is 12. The van der Waals surface area contributed by atoms with Gasteiger partial charge >= 0.3 is 0 Å². The SMILES string of the molecule is CC.c1ccc(C(=C(c2ccccc2)c2cccc(C3=NC(c4cccc(C(=C(c5ccccc5)c5ccccc5)c5ccccc5)c4)NC(c4ccc(-c5ccncc5)cc4)=N3)c2)c2ccccc2)cc1. The molecule has 346 valence electrons. The predicted octanol–water partition coefficient (Wildman–Crippen LogP) is 16.3. The van der Waals surface area contributed by atoms with Gasteiger partial charge in [-0.05, 0) is 108 Å². The Kier molecular flexibility index (Phi) is 14.5. The summed E-state index contributed by atoms with van der Waals surface area (Å²) in [5, 5.41) is 3.80. The third-order valence-electron chi connectivity index (χ3n) is 12.7. The largest absolute Gasteiger partial charge is 0.344 e. The van der Waals surface area contributed by atoms with Crippen molar-refractivity contribution in [3.63, 3.8) is 0 Å². The average Bonchev–Trinajstić information content (AvgIpc) is 3.48. The number of nitrogens with one attached hydrogen (secondary N) is 1. The van der Waals surface area contributed by atoms with Crippen molar-refractivity contribution in [3.8, 4) is 11.1 Å². The van der Waals surface area contributed by atoms with Crippen LogP contribution in [0, 0.1) is 0 Å². The summed E-state index contributed by atoms with van der Waals surface area (Å²) in [5.41, 5.74) is 18.6. The molecule has 4 nitrogen and oxygen atoms in total. The number of benzene rings is 9.